The molecule has 7 rings (SSSR count). The molecule has 8 N–H and O–H groups in total. The molecule has 4 heterocycles. The molecule has 3 aromatic heterocycles. The number of aromatic hydroxyl groups is 4. The van der Waals surface area contributed by atoms with Crippen LogP contribution in [-0.2, 0) is 13.0 Å². The fraction of sp³-hybridized carbons (Fsp3) is 0.289. The standard InChI is InChI=1S/C38H46N18O6/c1-51(2)33-40-30(39)41-37(47-33)55(18-17-21-11-8-14-24(57)27(21)59)49-32-43-35(53(5)6)48-38(45-32)56(19-22-12-9-16-26-29(22)62-20-61-26)50-31-42-34(52(3)4)46-36(44-31)54(7)23-13-10-15-25(58)28(23)60/h8-16,57-60H,17-20H2,1-7H3,(H2,39,40,41,47)(H,42,44,46,50)(H,43,45,48,49). The number of anilines is 10. The number of nitrogens with zero attached hydrogens (tertiary/aromatic N) is 15. The number of aromatic nitrogens is 9. The quantitative estimate of drug-likeness (QED) is 0.0544. The lowest BCUT2D eigenvalue weighted by Crippen LogP contribution is -2.37. The Hall–Kier alpha value is -8.31. The number of benzene rings is 3. The maximum atomic E-state index is 10.7. The average molecular weight is 851 g/mol. The van der Waals surface area contributed by atoms with Gasteiger partial charge in [-0.05, 0) is 36.2 Å². The highest BCUT2D eigenvalue weighted by atomic mass is 16.7. The van der Waals surface area contributed by atoms with Crippen LogP contribution in [0.2, 0.25) is 0 Å². The van der Waals surface area contributed by atoms with Crippen molar-refractivity contribution >= 4 is 59.2 Å². The number of ether oxygens (including phenoxy) is 2. The largest absolute Gasteiger partial charge is 0.504 e. The highest BCUT2D eigenvalue weighted by Crippen LogP contribution is 2.39. The number of nitrogens with two attached hydrogens (primary N) is 1. The molecule has 24 heteroatoms. The zero-order valence-electron chi connectivity index (χ0n) is 34.9. The van der Waals surface area contributed by atoms with Crippen molar-refractivity contribution in [3.63, 3.8) is 0 Å². The van der Waals surface area contributed by atoms with Crippen molar-refractivity contribution in [2.24, 2.45) is 0 Å². The minimum absolute atomic E-state index is 0.0367. The number of hydrazine groups is 2. The van der Waals surface area contributed by atoms with Gasteiger partial charge in [-0.25, -0.2) is 5.01 Å². The average Bonchev–Trinajstić information content (AvgIpc) is 3.74. The highest BCUT2D eigenvalue weighted by Gasteiger charge is 2.26. The van der Waals surface area contributed by atoms with Crippen molar-refractivity contribution in [1.29, 1.82) is 0 Å². The number of hydrogen-bond acceptors (Lipinski definition) is 24. The Labute approximate surface area is 355 Å². The first kappa shape index (κ1) is 41.8. The summed E-state index contributed by atoms with van der Waals surface area (Å²) in [5.74, 6) is 1.02. The molecule has 62 heavy (non-hydrogen) atoms. The van der Waals surface area contributed by atoms with Crippen LogP contribution in [0.15, 0.2) is 54.6 Å². The number of rotatable bonds is 16. The summed E-state index contributed by atoms with van der Waals surface area (Å²) in [5, 5.41) is 44.9. The maximum Gasteiger partial charge on any atom is 0.251 e. The van der Waals surface area contributed by atoms with Crippen molar-refractivity contribution in [3.05, 3.63) is 65.7 Å². The van der Waals surface area contributed by atoms with Crippen molar-refractivity contribution in [3.8, 4) is 34.5 Å². The smallest absolute Gasteiger partial charge is 0.251 e. The molecule has 0 spiro atoms. The van der Waals surface area contributed by atoms with Gasteiger partial charge in [0.25, 0.3) is 11.9 Å². The molecule has 3 aromatic carbocycles. The van der Waals surface area contributed by atoms with Crippen LogP contribution in [0, 0.1) is 0 Å². The number of nitrogens with one attached hydrogen (secondary N) is 2. The zero-order valence-corrected chi connectivity index (χ0v) is 34.9. The number of para-hydroxylation sites is 3. The number of nitrogen functional groups attached to an aromatic ring is 1. The van der Waals surface area contributed by atoms with Gasteiger partial charge in [0.1, 0.15) is 0 Å². The second-order valence-electron chi connectivity index (χ2n) is 14.3. The van der Waals surface area contributed by atoms with E-state index < -0.39 is 0 Å². The summed E-state index contributed by atoms with van der Waals surface area (Å²) in [6.07, 6.45) is 0.203. The minimum atomic E-state index is -0.356. The van der Waals surface area contributed by atoms with Crippen LogP contribution in [0.3, 0.4) is 0 Å². The molecule has 0 unspecified atom stereocenters. The molecule has 0 bridgehead atoms. The van der Waals surface area contributed by atoms with Gasteiger partial charge in [0.15, 0.2) is 34.5 Å². The molecule has 24 nitrogen and oxygen atoms in total. The normalized spacial score (nSPS) is 11.5. The Bertz CT molecular complexity index is 2560. The van der Waals surface area contributed by atoms with E-state index in [-0.39, 0.29) is 109 Å². The Morgan fingerprint density at radius 1 is 0.565 bits per heavy atom. The molecule has 0 fully saturated rings. The summed E-state index contributed by atoms with van der Waals surface area (Å²) >= 11 is 0. The summed E-state index contributed by atoms with van der Waals surface area (Å²) in [5.41, 5.74) is 14.0. The first-order valence-corrected chi connectivity index (χ1v) is 18.9. The van der Waals surface area contributed by atoms with Crippen LogP contribution in [0.25, 0.3) is 0 Å². The van der Waals surface area contributed by atoms with Gasteiger partial charge in [-0.15, -0.1) is 0 Å². The molecule has 0 amide bonds. The first-order valence-electron chi connectivity index (χ1n) is 18.9. The van der Waals surface area contributed by atoms with Gasteiger partial charge in [0, 0.05) is 61.4 Å². The van der Waals surface area contributed by atoms with Crippen LogP contribution < -0.4 is 55.7 Å². The molecule has 6 aromatic rings. The Balaban J connectivity index is 1.32. The van der Waals surface area contributed by atoms with E-state index in [1.807, 2.05) is 12.1 Å². The Morgan fingerprint density at radius 3 is 1.76 bits per heavy atom. The third-order valence-electron chi connectivity index (χ3n) is 9.17. The van der Waals surface area contributed by atoms with E-state index >= 15 is 0 Å². The third kappa shape index (κ3) is 9.12. The van der Waals surface area contributed by atoms with E-state index in [0.29, 0.717) is 22.6 Å². The summed E-state index contributed by atoms with van der Waals surface area (Å²) in [6.45, 7) is 0.223. The predicted molar refractivity (Wildman–Crippen MR) is 232 cm³/mol. The van der Waals surface area contributed by atoms with Crippen LogP contribution >= 0.6 is 0 Å². The Morgan fingerprint density at radius 2 is 1.08 bits per heavy atom. The minimum Gasteiger partial charge on any atom is -0.504 e. The Kier molecular flexibility index (Phi) is 11.8. The molecular formula is C38H46N18O6. The van der Waals surface area contributed by atoms with E-state index in [9.17, 15) is 20.4 Å². The van der Waals surface area contributed by atoms with E-state index in [2.05, 4.69) is 35.8 Å². The molecule has 1 aliphatic heterocycles. The second-order valence-corrected chi connectivity index (χ2v) is 14.3. The molecule has 0 saturated carbocycles. The van der Waals surface area contributed by atoms with E-state index in [4.69, 9.17) is 35.1 Å². The van der Waals surface area contributed by atoms with E-state index in [1.165, 1.54) is 22.0 Å². The van der Waals surface area contributed by atoms with Crippen molar-refractivity contribution < 1.29 is 29.9 Å². The van der Waals surface area contributed by atoms with Gasteiger partial charge in [-0.3, -0.25) is 15.9 Å². The van der Waals surface area contributed by atoms with Gasteiger partial charge in [0.2, 0.25) is 48.4 Å². The molecule has 0 radical (unpaired) electrons. The SMILES string of the molecule is CN(C)c1nc(N)nc(N(CCc2cccc(O)c2O)Nc2nc(N(C)C)nc(N(Cc3cccc4c3OCO4)Nc3nc(N(C)C)nc(N(C)c4cccc(O)c4O)n3)n2)n1. The van der Waals surface area contributed by atoms with Gasteiger partial charge in [0.05, 0.1) is 12.2 Å². The second kappa shape index (κ2) is 17.5. The lowest BCUT2D eigenvalue weighted by molar-refractivity contribution is 0.173. The predicted octanol–water partition coefficient (Wildman–Crippen LogP) is 2.45. The van der Waals surface area contributed by atoms with Crippen molar-refractivity contribution in [2.45, 2.75) is 13.0 Å². The fourth-order valence-corrected chi connectivity index (χ4v) is 5.97. The van der Waals surface area contributed by atoms with Crippen LogP contribution in [0.5, 0.6) is 34.5 Å². The van der Waals surface area contributed by atoms with Gasteiger partial charge >= 0.3 is 0 Å². The van der Waals surface area contributed by atoms with Crippen LogP contribution in [0.4, 0.5) is 59.2 Å². The number of phenolic OH excluding ortho intramolecular Hbond substituents is 4. The summed E-state index contributed by atoms with van der Waals surface area (Å²) in [7, 11) is 12.2. The molecule has 324 valence electrons. The van der Waals surface area contributed by atoms with Crippen molar-refractivity contribution in [1.82, 2.24) is 44.9 Å². The monoisotopic (exact) mass is 850 g/mol. The van der Waals surface area contributed by atoms with Crippen molar-refractivity contribution in [2.75, 3.05) is 109 Å². The van der Waals surface area contributed by atoms with Crippen LogP contribution in [0.1, 0.15) is 11.1 Å². The topological polar surface area (TPSA) is 285 Å². The van der Waals surface area contributed by atoms with E-state index in [1.54, 1.807) is 99.4 Å². The zero-order chi connectivity index (χ0) is 44.2. The number of fused-ring (bicyclic) bond motifs is 1. The number of hydrogen-bond donors (Lipinski definition) is 7. The molecule has 0 aliphatic carbocycles. The highest BCUT2D eigenvalue weighted by molar-refractivity contribution is 5.69. The van der Waals surface area contributed by atoms with Gasteiger partial charge < -0.3 is 55.2 Å². The van der Waals surface area contributed by atoms with Crippen LogP contribution in [-0.4, -0.2) is 128 Å². The lowest BCUT2D eigenvalue weighted by atomic mass is 10.1. The first-order chi connectivity index (χ1) is 29.6. The maximum absolute atomic E-state index is 10.7. The summed E-state index contributed by atoms with van der Waals surface area (Å²) in [6, 6.07) is 14.8. The molecule has 0 saturated heterocycles. The lowest BCUT2D eigenvalue weighted by Gasteiger charge is -2.28. The van der Waals surface area contributed by atoms with E-state index in [0.717, 1.165) is 0 Å². The van der Waals surface area contributed by atoms with Gasteiger partial charge in [-0.2, -0.15) is 44.9 Å². The number of phenols is 4. The molecular weight excluding hydrogens is 805 g/mol. The molecule has 1 aliphatic rings. The fourth-order valence-electron chi connectivity index (χ4n) is 5.97. The summed E-state index contributed by atoms with van der Waals surface area (Å²) < 4.78 is 11.5. The summed E-state index contributed by atoms with van der Waals surface area (Å²) in [4.78, 5) is 48.1. The third-order valence-corrected chi connectivity index (χ3v) is 9.17. The molecule has 0 atom stereocenters. The van der Waals surface area contributed by atoms with Gasteiger partial charge in [-0.1, -0.05) is 30.3 Å².